The lowest BCUT2D eigenvalue weighted by Gasteiger charge is -2.14. The number of nitrogens with one attached hydrogen (secondary N) is 1. The van der Waals surface area contributed by atoms with Crippen molar-refractivity contribution in [2.24, 2.45) is 5.10 Å². The number of hydrogen-bond donors (Lipinski definition) is 3. The summed E-state index contributed by atoms with van der Waals surface area (Å²) in [5.41, 5.74) is 4.89. The Balaban J connectivity index is 1.97. The lowest BCUT2D eigenvalue weighted by molar-refractivity contribution is -0.123. The molecule has 0 heterocycles. The van der Waals surface area contributed by atoms with Crippen LogP contribution < -0.4 is 14.9 Å². The highest BCUT2D eigenvalue weighted by molar-refractivity contribution is 5.84. The summed E-state index contributed by atoms with van der Waals surface area (Å²) in [6.45, 7) is 5.90. The number of hydrogen-bond acceptors (Lipinski definition) is 6. The fourth-order valence-electron chi connectivity index (χ4n) is 2.44. The molecule has 0 fully saturated rings. The lowest BCUT2D eigenvalue weighted by atomic mass is 10.0. The van der Waals surface area contributed by atoms with E-state index in [1.54, 1.807) is 0 Å². The number of phenols is 2. The molecule has 0 bridgehead atoms. The first-order valence-corrected chi connectivity index (χ1v) is 8.47. The standard InChI is InChI=1S/C20H24N2O5/c1-12(2)15-6-5-13(3)7-17(15)27-11-19(24)22-21-10-14-8-16(23)20(25)18(9-14)26-4/h5-10,12,23,25H,11H2,1-4H3,(H,22,24)/b21-10+. The molecule has 7 heteroatoms. The van der Waals surface area contributed by atoms with Crippen LogP contribution in [0, 0.1) is 6.92 Å². The number of rotatable bonds is 7. The zero-order valence-corrected chi connectivity index (χ0v) is 15.8. The van der Waals surface area contributed by atoms with Crippen molar-refractivity contribution in [3.63, 3.8) is 0 Å². The Morgan fingerprint density at radius 3 is 2.63 bits per heavy atom. The number of nitrogens with zero attached hydrogens (tertiary/aromatic N) is 1. The first-order valence-electron chi connectivity index (χ1n) is 8.47. The van der Waals surface area contributed by atoms with Gasteiger partial charge in [0, 0.05) is 5.56 Å². The van der Waals surface area contributed by atoms with Crippen molar-refractivity contribution in [1.29, 1.82) is 0 Å². The van der Waals surface area contributed by atoms with Crippen LogP contribution in [-0.2, 0) is 4.79 Å². The Kier molecular flexibility index (Phi) is 6.65. The number of phenolic OH excluding ortho intramolecular Hbond substituents is 2. The topological polar surface area (TPSA) is 100 Å². The SMILES string of the molecule is COc1cc(/C=N/NC(=O)COc2cc(C)ccc2C(C)C)cc(O)c1O. The highest BCUT2D eigenvalue weighted by atomic mass is 16.5. The van der Waals surface area contributed by atoms with Gasteiger partial charge in [0.25, 0.3) is 5.91 Å². The van der Waals surface area contributed by atoms with Crippen molar-refractivity contribution in [3.05, 3.63) is 47.0 Å². The van der Waals surface area contributed by atoms with Crippen LogP contribution in [0.1, 0.15) is 36.5 Å². The Hall–Kier alpha value is -3.22. The number of hydrazone groups is 1. The molecule has 0 atom stereocenters. The van der Waals surface area contributed by atoms with E-state index in [-0.39, 0.29) is 29.8 Å². The maximum absolute atomic E-state index is 12.0. The molecule has 0 aliphatic carbocycles. The van der Waals surface area contributed by atoms with Crippen molar-refractivity contribution >= 4 is 12.1 Å². The maximum Gasteiger partial charge on any atom is 0.277 e. The molecular weight excluding hydrogens is 348 g/mol. The molecule has 0 spiro atoms. The van der Waals surface area contributed by atoms with Gasteiger partial charge < -0.3 is 19.7 Å². The Morgan fingerprint density at radius 2 is 1.96 bits per heavy atom. The number of carbonyl (C=O) groups excluding carboxylic acids is 1. The fourth-order valence-corrected chi connectivity index (χ4v) is 2.44. The average Bonchev–Trinajstić information content (AvgIpc) is 2.62. The van der Waals surface area contributed by atoms with E-state index in [2.05, 4.69) is 24.4 Å². The van der Waals surface area contributed by atoms with Gasteiger partial charge in [0.05, 0.1) is 13.3 Å². The zero-order valence-electron chi connectivity index (χ0n) is 15.8. The normalized spacial score (nSPS) is 11.0. The van der Waals surface area contributed by atoms with Crippen LogP contribution in [0.25, 0.3) is 0 Å². The number of carbonyl (C=O) groups is 1. The second-order valence-electron chi connectivity index (χ2n) is 6.37. The first-order chi connectivity index (χ1) is 12.8. The number of aryl methyl sites for hydroxylation is 1. The minimum atomic E-state index is -0.419. The maximum atomic E-state index is 12.0. The zero-order chi connectivity index (χ0) is 20.0. The quantitative estimate of drug-likeness (QED) is 0.394. The largest absolute Gasteiger partial charge is 0.504 e. The van der Waals surface area contributed by atoms with Gasteiger partial charge in [-0.1, -0.05) is 26.0 Å². The summed E-state index contributed by atoms with van der Waals surface area (Å²) >= 11 is 0. The summed E-state index contributed by atoms with van der Waals surface area (Å²) in [7, 11) is 1.37. The van der Waals surface area contributed by atoms with Crippen molar-refractivity contribution in [2.45, 2.75) is 26.7 Å². The van der Waals surface area contributed by atoms with Crippen LogP contribution in [-0.4, -0.2) is 36.1 Å². The molecule has 0 aromatic heterocycles. The highest BCUT2D eigenvalue weighted by Crippen LogP contribution is 2.35. The number of aromatic hydroxyl groups is 2. The Labute approximate surface area is 158 Å². The molecule has 7 nitrogen and oxygen atoms in total. The fraction of sp³-hybridized carbons (Fsp3) is 0.300. The molecule has 2 aromatic carbocycles. The predicted octanol–water partition coefficient (Wildman–Crippen LogP) is 3.07. The molecule has 0 saturated heterocycles. The first kappa shape index (κ1) is 20.1. The molecular formula is C20H24N2O5. The van der Waals surface area contributed by atoms with E-state index in [0.29, 0.717) is 11.3 Å². The van der Waals surface area contributed by atoms with E-state index in [4.69, 9.17) is 9.47 Å². The number of methoxy groups -OCH3 is 1. The lowest BCUT2D eigenvalue weighted by Crippen LogP contribution is -2.25. The molecule has 3 N–H and O–H groups in total. The van der Waals surface area contributed by atoms with Gasteiger partial charge in [-0.2, -0.15) is 5.10 Å². The van der Waals surface area contributed by atoms with Crippen molar-refractivity contribution in [1.82, 2.24) is 5.43 Å². The summed E-state index contributed by atoms with van der Waals surface area (Å²) < 4.78 is 10.6. The molecule has 0 saturated carbocycles. The summed E-state index contributed by atoms with van der Waals surface area (Å²) in [5.74, 6) is -0.0577. The summed E-state index contributed by atoms with van der Waals surface area (Å²) in [5, 5.41) is 23.0. The molecule has 0 aliphatic heterocycles. The smallest absolute Gasteiger partial charge is 0.277 e. The monoisotopic (exact) mass is 372 g/mol. The van der Waals surface area contributed by atoms with Crippen LogP contribution in [0.2, 0.25) is 0 Å². The summed E-state index contributed by atoms with van der Waals surface area (Å²) in [6, 6.07) is 8.68. The van der Waals surface area contributed by atoms with E-state index in [0.717, 1.165) is 11.1 Å². The van der Waals surface area contributed by atoms with Gasteiger partial charge in [0.15, 0.2) is 18.1 Å². The Bertz CT molecular complexity index is 847. The second kappa shape index (κ2) is 8.93. The van der Waals surface area contributed by atoms with E-state index in [1.165, 1.54) is 25.5 Å². The van der Waals surface area contributed by atoms with E-state index < -0.39 is 5.91 Å². The van der Waals surface area contributed by atoms with Gasteiger partial charge in [0.2, 0.25) is 5.75 Å². The van der Waals surface area contributed by atoms with Crippen molar-refractivity contribution in [2.75, 3.05) is 13.7 Å². The Morgan fingerprint density at radius 1 is 1.22 bits per heavy atom. The van der Waals surface area contributed by atoms with Crippen LogP contribution >= 0.6 is 0 Å². The minimum Gasteiger partial charge on any atom is -0.504 e. The third-order valence-electron chi connectivity index (χ3n) is 3.85. The van der Waals surface area contributed by atoms with Crippen LogP contribution in [0.3, 0.4) is 0 Å². The number of amides is 1. The van der Waals surface area contributed by atoms with Gasteiger partial charge in [0.1, 0.15) is 5.75 Å². The molecule has 0 aliphatic rings. The van der Waals surface area contributed by atoms with Crippen molar-refractivity contribution < 1.29 is 24.5 Å². The van der Waals surface area contributed by atoms with Gasteiger partial charge in [-0.05, 0) is 42.2 Å². The minimum absolute atomic E-state index is 0.103. The van der Waals surface area contributed by atoms with E-state index in [9.17, 15) is 15.0 Å². The van der Waals surface area contributed by atoms with Crippen molar-refractivity contribution in [3.8, 4) is 23.0 Å². The van der Waals surface area contributed by atoms with Gasteiger partial charge in [-0.25, -0.2) is 5.43 Å². The highest BCUT2D eigenvalue weighted by Gasteiger charge is 2.11. The second-order valence-corrected chi connectivity index (χ2v) is 6.37. The molecule has 27 heavy (non-hydrogen) atoms. The van der Waals surface area contributed by atoms with Crippen LogP contribution in [0.15, 0.2) is 35.4 Å². The molecule has 0 unspecified atom stereocenters. The van der Waals surface area contributed by atoms with E-state index in [1.807, 2.05) is 25.1 Å². The third kappa shape index (κ3) is 5.37. The summed E-state index contributed by atoms with van der Waals surface area (Å²) in [4.78, 5) is 12.0. The predicted molar refractivity (Wildman–Crippen MR) is 103 cm³/mol. The van der Waals surface area contributed by atoms with Crippen LogP contribution in [0.5, 0.6) is 23.0 Å². The molecule has 0 radical (unpaired) electrons. The van der Waals surface area contributed by atoms with Gasteiger partial charge >= 0.3 is 0 Å². The van der Waals surface area contributed by atoms with E-state index >= 15 is 0 Å². The number of ether oxygens (including phenoxy) is 2. The molecule has 2 rings (SSSR count). The molecule has 144 valence electrons. The molecule has 1 amide bonds. The summed E-state index contributed by atoms with van der Waals surface area (Å²) in [6.07, 6.45) is 1.33. The van der Waals surface area contributed by atoms with Gasteiger partial charge in [-0.3, -0.25) is 4.79 Å². The third-order valence-corrected chi connectivity index (χ3v) is 3.85. The van der Waals surface area contributed by atoms with Gasteiger partial charge in [-0.15, -0.1) is 0 Å². The number of benzene rings is 2. The van der Waals surface area contributed by atoms with Crippen LogP contribution in [0.4, 0.5) is 0 Å². The molecule has 2 aromatic rings. The average molecular weight is 372 g/mol.